The van der Waals surface area contributed by atoms with Crippen molar-refractivity contribution in [2.24, 2.45) is 11.8 Å². The Labute approximate surface area is 223 Å². The van der Waals surface area contributed by atoms with Gasteiger partial charge in [-0.1, -0.05) is 17.7 Å². The minimum Gasteiger partial charge on any atom is -0.386 e. The Morgan fingerprint density at radius 3 is 2.42 bits per heavy atom. The average molecular weight is 563 g/mol. The summed E-state index contributed by atoms with van der Waals surface area (Å²) in [5, 5.41) is 24.1. The number of aromatic nitrogens is 1. The lowest BCUT2D eigenvalue weighted by Crippen LogP contribution is -2.52. The lowest BCUT2D eigenvalue weighted by Gasteiger charge is -2.45. The molecule has 2 aliphatic rings. The molecule has 1 amide bonds. The molecule has 5 atom stereocenters. The van der Waals surface area contributed by atoms with Crippen molar-refractivity contribution in [1.82, 2.24) is 4.98 Å². The fourth-order valence-corrected chi connectivity index (χ4v) is 8.27. The number of sulfone groups is 1. The monoisotopic (exact) mass is 562 g/mol. The van der Waals surface area contributed by atoms with Crippen LogP contribution in [0, 0.1) is 23.5 Å². The van der Waals surface area contributed by atoms with Crippen LogP contribution in [0.1, 0.15) is 47.7 Å². The third-order valence-electron chi connectivity index (χ3n) is 7.82. The number of fused-ring (bicyclic) bond motifs is 2. The molecule has 2 bridgehead atoms. The molecular formula is C27H25ClF2N2O5S. The van der Waals surface area contributed by atoms with E-state index in [9.17, 15) is 32.2 Å². The van der Waals surface area contributed by atoms with Gasteiger partial charge in [-0.05, 0) is 73.9 Å². The molecule has 2 aliphatic carbocycles. The number of hydrogen-bond acceptors (Lipinski definition) is 6. The second kappa shape index (κ2) is 10.00. The minimum atomic E-state index is -4.03. The van der Waals surface area contributed by atoms with Crippen LogP contribution in [0.3, 0.4) is 0 Å². The van der Waals surface area contributed by atoms with Crippen LogP contribution in [-0.4, -0.2) is 40.4 Å². The van der Waals surface area contributed by atoms with E-state index in [0.717, 1.165) is 12.1 Å². The fraction of sp³-hybridized carbons (Fsp3) is 0.333. The first kappa shape index (κ1) is 26.7. The highest BCUT2D eigenvalue weighted by atomic mass is 35.5. The molecule has 5 rings (SSSR count). The van der Waals surface area contributed by atoms with Gasteiger partial charge in [0.1, 0.15) is 11.7 Å². The normalized spacial score (nSPS) is 25.7. The van der Waals surface area contributed by atoms with Crippen LogP contribution < -0.4 is 5.32 Å². The molecule has 0 aliphatic heterocycles. The number of halogens is 3. The second-order valence-electron chi connectivity index (χ2n) is 9.91. The van der Waals surface area contributed by atoms with E-state index in [1.54, 1.807) is 18.3 Å². The van der Waals surface area contributed by atoms with Crippen LogP contribution in [0.2, 0.25) is 5.02 Å². The number of nitrogens with one attached hydrogen (secondary N) is 1. The van der Waals surface area contributed by atoms with Gasteiger partial charge in [-0.3, -0.25) is 9.78 Å². The molecule has 2 saturated carbocycles. The molecule has 1 heterocycles. The predicted octanol–water partition coefficient (Wildman–Crippen LogP) is 4.69. The van der Waals surface area contributed by atoms with Gasteiger partial charge in [0.2, 0.25) is 0 Å². The Morgan fingerprint density at radius 1 is 1.08 bits per heavy atom. The van der Waals surface area contributed by atoms with Crippen LogP contribution in [-0.2, 0) is 9.84 Å². The van der Waals surface area contributed by atoms with E-state index >= 15 is 0 Å². The third-order valence-corrected chi connectivity index (χ3v) is 10.5. The molecule has 2 aromatic carbocycles. The van der Waals surface area contributed by atoms with E-state index in [4.69, 9.17) is 11.6 Å². The van der Waals surface area contributed by atoms with Gasteiger partial charge in [0, 0.05) is 35.3 Å². The molecule has 7 nitrogen and oxygen atoms in total. The second-order valence-corrected chi connectivity index (χ2v) is 12.5. The van der Waals surface area contributed by atoms with Gasteiger partial charge in [-0.25, -0.2) is 17.2 Å². The summed E-state index contributed by atoms with van der Waals surface area (Å²) in [4.78, 5) is 16.5. The van der Waals surface area contributed by atoms with Gasteiger partial charge in [-0.2, -0.15) is 0 Å². The van der Waals surface area contributed by atoms with Crippen LogP contribution in [0.5, 0.6) is 0 Å². The van der Waals surface area contributed by atoms with Crippen molar-refractivity contribution in [3.05, 3.63) is 88.7 Å². The molecule has 11 heteroatoms. The van der Waals surface area contributed by atoms with Crippen LogP contribution >= 0.6 is 11.6 Å². The van der Waals surface area contributed by atoms with E-state index in [0.29, 0.717) is 18.4 Å². The summed E-state index contributed by atoms with van der Waals surface area (Å²) in [7, 11) is -4.03. The van der Waals surface area contributed by atoms with E-state index in [-0.39, 0.29) is 34.0 Å². The highest BCUT2D eigenvalue weighted by molar-refractivity contribution is 7.92. The molecule has 3 aromatic rings. The Morgan fingerprint density at radius 2 is 1.79 bits per heavy atom. The van der Waals surface area contributed by atoms with E-state index in [1.165, 1.54) is 30.5 Å². The molecule has 38 heavy (non-hydrogen) atoms. The molecule has 1 aromatic heterocycles. The van der Waals surface area contributed by atoms with Crippen LogP contribution in [0.4, 0.5) is 14.5 Å². The van der Waals surface area contributed by atoms with Crippen molar-refractivity contribution in [2.75, 3.05) is 5.32 Å². The third kappa shape index (κ3) is 4.59. The standard InChI is InChI=1S/C27H25ClF2N2O5S/c28-21-7-3-15(26(34)32-19-6-8-22(29)23(30)13-19)10-24(21)38(36,37)20-11-17-4-5-18(12-20)27(17,35)25(33)16-2-1-9-31-14-16/h1-3,6-10,13-14,17-18,20,25,33,35H,4-5,11-12H2,(H,32,34)/t17-,18+,20?,25-,27?/m0/s1. The number of aliphatic hydroxyl groups excluding tert-OH is 1. The zero-order chi connectivity index (χ0) is 27.2. The first-order chi connectivity index (χ1) is 18.0. The van der Waals surface area contributed by atoms with Gasteiger partial charge >= 0.3 is 0 Å². The summed E-state index contributed by atoms with van der Waals surface area (Å²) in [5.74, 6) is -3.85. The number of benzene rings is 2. The zero-order valence-electron chi connectivity index (χ0n) is 20.0. The van der Waals surface area contributed by atoms with Crippen LogP contribution in [0.15, 0.2) is 65.8 Å². The zero-order valence-corrected chi connectivity index (χ0v) is 21.6. The number of rotatable bonds is 6. The molecule has 2 fully saturated rings. The quantitative estimate of drug-likeness (QED) is 0.401. The Balaban J connectivity index is 1.39. The SMILES string of the molecule is O=C(Nc1ccc(F)c(F)c1)c1ccc(Cl)c(S(=O)(=O)C2C[C@H]3CC[C@@H](C2)C3(O)[C@@H](O)c2cccnc2)c1. The maximum absolute atomic E-state index is 13.7. The number of amides is 1. The van der Waals surface area contributed by atoms with Gasteiger partial charge in [0.05, 0.1) is 15.2 Å². The number of nitrogens with zero attached hydrogens (tertiary/aromatic N) is 1. The molecule has 0 radical (unpaired) electrons. The Bertz CT molecular complexity index is 1470. The number of anilines is 1. The molecule has 3 N–H and O–H groups in total. The van der Waals surface area contributed by atoms with Crippen molar-refractivity contribution < 1.29 is 32.2 Å². The van der Waals surface area contributed by atoms with E-state index in [2.05, 4.69) is 10.3 Å². The first-order valence-corrected chi connectivity index (χ1v) is 14.0. The summed E-state index contributed by atoms with van der Waals surface area (Å²) in [6.45, 7) is 0. The smallest absolute Gasteiger partial charge is 0.255 e. The molecule has 0 spiro atoms. The summed E-state index contributed by atoms with van der Waals surface area (Å²) in [5.41, 5.74) is -1.04. The highest BCUT2D eigenvalue weighted by Crippen LogP contribution is 2.56. The average Bonchev–Trinajstić information content (AvgIpc) is 3.06. The summed E-state index contributed by atoms with van der Waals surface area (Å²) in [6.07, 6.45) is 3.21. The van der Waals surface area contributed by atoms with Crippen molar-refractivity contribution >= 4 is 33.0 Å². The molecule has 0 saturated heterocycles. The highest BCUT2D eigenvalue weighted by Gasteiger charge is 2.59. The molecule has 200 valence electrons. The summed E-state index contributed by atoms with van der Waals surface area (Å²) in [6, 6.07) is 10.0. The summed E-state index contributed by atoms with van der Waals surface area (Å²) < 4.78 is 54.2. The van der Waals surface area contributed by atoms with Crippen LogP contribution in [0.25, 0.3) is 0 Å². The van der Waals surface area contributed by atoms with Crippen molar-refractivity contribution in [1.29, 1.82) is 0 Å². The largest absolute Gasteiger partial charge is 0.386 e. The van der Waals surface area contributed by atoms with Crippen molar-refractivity contribution in [3.63, 3.8) is 0 Å². The predicted molar refractivity (Wildman–Crippen MR) is 136 cm³/mol. The van der Waals surface area contributed by atoms with E-state index in [1.807, 2.05) is 0 Å². The fourth-order valence-electron chi connectivity index (χ4n) is 5.87. The van der Waals surface area contributed by atoms with Gasteiger partial charge < -0.3 is 15.5 Å². The van der Waals surface area contributed by atoms with Gasteiger partial charge in [0.15, 0.2) is 21.5 Å². The molecular weight excluding hydrogens is 538 g/mol. The van der Waals surface area contributed by atoms with Crippen molar-refractivity contribution in [3.8, 4) is 0 Å². The van der Waals surface area contributed by atoms with Crippen molar-refractivity contribution in [2.45, 2.75) is 47.5 Å². The number of carbonyl (C=O) groups is 1. The number of hydrogen-bond donors (Lipinski definition) is 3. The maximum atomic E-state index is 13.7. The lowest BCUT2D eigenvalue weighted by atomic mass is 9.70. The Hall–Kier alpha value is -2.92. The number of pyridine rings is 1. The minimum absolute atomic E-state index is 0.00331. The van der Waals surface area contributed by atoms with Gasteiger partial charge in [-0.15, -0.1) is 0 Å². The number of carbonyl (C=O) groups excluding carboxylic acids is 1. The molecule has 2 unspecified atom stereocenters. The topological polar surface area (TPSA) is 117 Å². The first-order valence-electron chi connectivity index (χ1n) is 12.1. The number of aliphatic hydroxyl groups is 2. The van der Waals surface area contributed by atoms with E-state index < -0.39 is 56.2 Å². The maximum Gasteiger partial charge on any atom is 0.255 e. The van der Waals surface area contributed by atoms with Gasteiger partial charge in [0.25, 0.3) is 5.91 Å². The lowest BCUT2D eigenvalue weighted by molar-refractivity contribution is -0.144. The Kier molecular flexibility index (Phi) is 7.02. The summed E-state index contributed by atoms with van der Waals surface area (Å²) >= 11 is 6.28.